The van der Waals surface area contributed by atoms with E-state index in [0.29, 0.717) is 11.5 Å². The molecule has 0 atom stereocenters. The molecule has 1 aliphatic rings. The van der Waals surface area contributed by atoms with Gasteiger partial charge in [0.2, 0.25) is 5.91 Å². The number of carbonyl (C=O) groups excluding carboxylic acids is 1. The van der Waals surface area contributed by atoms with Gasteiger partial charge in [0.1, 0.15) is 5.82 Å². The molecular weight excluding hydrogens is 258 g/mol. The molecule has 0 radical (unpaired) electrons. The van der Waals surface area contributed by atoms with Gasteiger partial charge in [0.25, 0.3) is 0 Å². The summed E-state index contributed by atoms with van der Waals surface area (Å²) in [5.41, 5.74) is 5.94. The Hall–Kier alpha value is -2.11. The smallest absolute Gasteiger partial charge is 0.337 e. The lowest BCUT2D eigenvalue weighted by molar-refractivity contribution is -0.116. The number of amides is 1. The van der Waals surface area contributed by atoms with E-state index in [4.69, 9.17) is 10.8 Å². The van der Waals surface area contributed by atoms with Crippen molar-refractivity contribution in [3.63, 3.8) is 0 Å². The number of carbonyl (C=O) groups is 2. The summed E-state index contributed by atoms with van der Waals surface area (Å²) in [5.74, 6) is -0.777. The van der Waals surface area contributed by atoms with Gasteiger partial charge in [-0.25, -0.2) is 9.78 Å². The highest BCUT2D eigenvalue weighted by molar-refractivity contribution is 5.89. The normalized spacial score (nSPS) is 15.2. The summed E-state index contributed by atoms with van der Waals surface area (Å²) in [5, 5.41) is 9.02. The number of aromatic nitrogens is 1. The highest BCUT2D eigenvalue weighted by Crippen LogP contribution is 2.27. The minimum absolute atomic E-state index is 0.115. The van der Waals surface area contributed by atoms with Crippen LogP contribution in [0.2, 0.25) is 0 Å². The molecule has 0 saturated heterocycles. The molecule has 1 saturated carbocycles. The summed E-state index contributed by atoms with van der Waals surface area (Å²) in [6, 6.07) is 3.44. The lowest BCUT2D eigenvalue weighted by atomic mass is 10.1. The summed E-state index contributed by atoms with van der Waals surface area (Å²) in [4.78, 5) is 28.5. The second-order valence-corrected chi connectivity index (χ2v) is 5.14. The number of pyridine rings is 1. The molecule has 3 N–H and O–H groups in total. The minimum Gasteiger partial charge on any atom is -0.478 e. The molecule has 6 heteroatoms. The SMILES string of the molecule is Cc1nc(N(CC(N)=O)C2CCCC2)ccc1C(=O)O. The maximum Gasteiger partial charge on any atom is 0.337 e. The Kier molecular flexibility index (Phi) is 4.22. The van der Waals surface area contributed by atoms with E-state index in [-0.39, 0.29) is 18.2 Å². The number of nitrogens with two attached hydrogens (primary N) is 1. The number of hydrogen-bond donors (Lipinski definition) is 2. The fourth-order valence-corrected chi connectivity index (χ4v) is 2.71. The zero-order valence-electron chi connectivity index (χ0n) is 11.5. The van der Waals surface area contributed by atoms with E-state index in [2.05, 4.69) is 4.98 Å². The standard InChI is InChI=1S/C14H19N3O3/c1-9-11(14(19)20)6-7-13(16-9)17(8-12(15)18)10-4-2-3-5-10/h6-7,10H,2-5,8H2,1H3,(H2,15,18)(H,19,20). The molecule has 2 rings (SSSR count). The second-order valence-electron chi connectivity index (χ2n) is 5.14. The van der Waals surface area contributed by atoms with Crippen molar-refractivity contribution < 1.29 is 14.7 Å². The average molecular weight is 277 g/mol. The molecule has 1 aromatic rings. The van der Waals surface area contributed by atoms with E-state index in [1.807, 2.05) is 4.90 Å². The third-order valence-electron chi connectivity index (χ3n) is 3.69. The van der Waals surface area contributed by atoms with Gasteiger partial charge in [-0.3, -0.25) is 4.79 Å². The maximum absolute atomic E-state index is 11.3. The predicted molar refractivity (Wildman–Crippen MR) is 74.7 cm³/mol. The molecule has 6 nitrogen and oxygen atoms in total. The number of hydrogen-bond acceptors (Lipinski definition) is 4. The van der Waals surface area contributed by atoms with Gasteiger partial charge in [0.15, 0.2) is 0 Å². The molecule has 20 heavy (non-hydrogen) atoms. The van der Waals surface area contributed by atoms with E-state index >= 15 is 0 Å². The third-order valence-corrected chi connectivity index (χ3v) is 3.69. The fourth-order valence-electron chi connectivity index (χ4n) is 2.71. The van der Waals surface area contributed by atoms with Crippen molar-refractivity contribution >= 4 is 17.7 Å². The number of aryl methyl sites for hydroxylation is 1. The summed E-state index contributed by atoms with van der Waals surface area (Å²) < 4.78 is 0. The van der Waals surface area contributed by atoms with Gasteiger partial charge in [-0.2, -0.15) is 0 Å². The van der Waals surface area contributed by atoms with Gasteiger partial charge in [-0.15, -0.1) is 0 Å². The molecular formula is C14H19N3O3. The van der Waals surface area contributed by atoms with Crippen molar-refractivity contribution in [1.82, 2.24) is 4.98 Å². The first-order chi connectivity index (χ1) is 9.49. The monoisotopic (exact) mass is 277 g/mol. The Morgan fingerprint density at radius 1 is 1.40 bits per heavy atom. The second kappa shape index (κ2) is 5.90. The highest BCUT2D eigenvalue weighted by atomic mass is 16.4. The predicted octanol–water partition coefficient (Wildman–Crippen LogP) is 1.32. The van der Waals surface area contributed by atoms with Crippen LogP contribution < -0.4 is 10.6 Å². The van der Waals surface area contributed by atoms with Crippen molar-refractivity contribution in [2.45, 2.75) is 38.6 Å². The Labute approximate surface area is 117 Å². The van der Waals surface area contributed by atoms with Crippen molar-refractivity contribution in [2.24, 2.45) is 5.73 Å². The molecule has 1 amide bonds. The van der Waals surface area contributed by atoms with Gasteiger partial charge in [-0.05, 0) is 31.9 Å². The Morgan fingerprint density at radius 3 is 2.55 bits per heavy atom. The molecule has 1 heterocycles. The van der Waals surface area contributed by atoms with E-state index in [1.54, 1.807) is 13.0 Å². The lowest BCUT2D eigenvalue weighted by Gasteiger charge is -2.29. The van der Waals surface area contributed by atoms with Gasteiger partial charge in [-0.1, -0.05) is 12.8 Å². The number of anilines is 1. The molecule has 1 aliphatic carbocycles. The average Bonchev–Trinajstić information content (AvgIpc) is 2.88. The van der Waals surface area contributed by atoms with Crippen LogP contribution in [0.4, 0.5) is 5.82 Å². The number of carboxylic acids is 1. The van der Waals surface area contributed by atoms with Gasteiger partial charge >= 0.3 is 5.97 Å². The number of aromatic carboxylic acids is 1. The van der Waals surface area contributed by atoms with Crippen LogP contribution in [0, 0.1) is 6.92 Å². The topological polar surface area (TPSA) is 96.5 Å². The first kappa shape index (κ1) is 14.3. The Morgan fingerprint density at radius 2 is 2.05 bits per heavy atom. The van der Waals surface area contributed by atoms with Crippen LogP contribution in [-0.4, -0.2) is 34.6 Å². The Balaban J connectivity index is 2.30. The molecule has 108 valence electrons. The highest BCUT2D eigenvalue weighted by Gasteiger charge is 2.25. The third kappa shape index (κ3) is 3.07. The van der Waals surface area contributed by atoms with Crippen LogP contribution in [0.15, 0.2) is 12.1 Å². The molecule has 0 spiro atoms. The van der Waals surface area contributed by atoms with Crippen molar-refractivity contribution in [3.05, 3.63) is 23.4 Å². The summed E-state index contributed by atoms with van der Waals surface area (Å²) in [7, 11) is 0. The quantitative estimate of drug-likeness (QED) is 0.846. The molecule has 1 fully saturated rings. The summed E-state index contributed by atoms with van der Waals surface area (Å²) in [6.07, 6.45) is 4.28. The van der Waals surface area contributed by atoms with Gasteiger partial charge in [0.05, 0.1) is 17.8 Å². The number of primary amides is 1. The lowest BCUT2D eigenvalue weighted by Crippen LogP contribution is -2.40. The molecule has 1 aromatic heterocycles. The number of rotatable bonds is 5. The van der Waals surface area contributed by atoms with Gasteiger partial charge < -0.3 is 15.7 Å². The van der Waals surface area contributed by atoms with Crippen LogP contribution in [0.25, 0.3) is 0 Å². The molecule has 0 bridgehead atoms. The number of nitrogens with zero attached hydrogens (tertiary/aromatic N) is 2. The Bertz CT molecular complexity index is 524. The van der Waals surface area contributed by atoms with Crippen LogP contribution in [-0.2, 0) is 4.79 Å². The molecule has 0 unspecified atom stereocenters. The van der Waals surface area contributed by atoms with E-state index < -0.39 is 11.9 Å². The molecule has 0 aromatic carbocycles. The molecule has 0 aliphatic heterocycles. The first-order valence-electron chi connectivity index (χ1n) is 6.75. The van der Waals surface area contributed by atoms with Gasteiger partial charge in [0, 0.05) is 6.04 Å². The summed E-state index contributed by atoms with van der Waals surface area (Å²) in [6.45, 7) is 1.77. The minimum atomic E-state index is -0.996. The van der Waals surface area contributed by atoms with E-state index in [0.717, 1.165) is 25.7 Å². The van der Waals surface area contributed by atoms with E-state index in [9.17, 15) is 9.59 Å². The zero-order valence-corrected chi connectivity index (χ0v) is 11.5. The fraction of sp³-hybridized carbons (Fsp3) is 0.500. The zero-order chi connectivity index (χ0) is 14.7. The summed E-state index contributed by atoms with van der Waals surface area (Å²) >= 11 is 0. The maximum atomic E-state index is 11.3. The largest absolute Gasteiger partial charge is 0.478 e. The van der Waals surface area contributed by atoms with Crippen molar-refractivity contribution in [2.75, 3.05) is 11.4 Å². The van der Waals surface area contributed by atoms with Crippen LogP contribution in [0.5, 0.6) is 0 Å². The van der Waals surface area contributed by atoms with Crippen molar-refractivity contribution in [1.29, 1.82) is 0 Å². The van der Waals surface area contributed by atoms with E-state index in [1.165, 1.54) is 6.07 Å². The number of carboxylic acid groups (broad SMARTS) is 1. The van der Waals surface area contributed by atoms with Crippen LogP contribution in [0.3, 0.4) is 0 Å². The van der Waals surface area contributed by atoms with Crippen LogP contribution >= 0.6 is 0 Å². The first-order valence-corrected chi connectivity index (χ1v) is 6.75. The van der Waals surface area contributed by atoms with Crippen molar-refractivity contribution in [3.8, 4) is 0 Å². The van der Waals surface area contributed by atoms with Crippen LogP contribution in [0.1, 0.15) is 41.7 Å².